The van der Waals surface area contributed by atoms with Gasteiger partial charge < -0.3 is 15.5 Å². The summed E-state index contributed by atoms with van der Waals surface area (Å²) in [5, 5.41) is 14.8. The van der Waals surface area contributed by atoms with E-state index >= 15 is 0 Å². The Morgan fingerprint density at radius 2 is 1.87 bits per heavy atom. The van der Waals surface area contributed by atoms with E-state index in [2.05, 4.69) is 27.8 Å². The predicted molar refractivity (Wildman–Crippen MR) is 122 cm³/mol. The first-order valence-corrected chi connectivity index (χ1v) is 12.5. The van der Waals surface area contributed by atoms with Gasteiger partial charge in [-0.25, -0.2) is 0 Å². The zero-order chi connectivity index (χ0) is 21.1. The van der Waals surface area contributed by atoms with Crippen molar-refractivity contribution in [1.29, 1.82) is 0 Å². The maximum Gasteiger partial charge on any atom is 0.253 e. The molecule has 2 aliphatic rings. The number of carbonyl (C=O) groups is 1. The zero-order valence-corrected chi connectivity index (χ0v) is 18.7. The summed E-state index contributed by atoms with van der Waals surface area (Å²) in [6, 6.07) is 0. The average molecular weight is 450 g/mol. The number of thioether (sulfide) groups is 1. The van der Waals surface area contributed by atoms with Crippen LogP contribution in [0.25, 0.3) is 0 Å². The molecule has 0 spiro atoms. The first kappa shape index (κ1) is 21.3. The quantitative estimate of drug-likeness (QED) is 0.360. The monoisotopic (exact) mass is 449 g/mol. The van der Waals surface area contributed by atoms with Crippen LogP contribution >= 0.6 is 23.1 Å². The molecule has 0 bridgehead atoms. The number of amides is 1. The summed E-state index contributed by atoms with van der Waals surface area (Å²) in [4.78, 5) is 38.5. The standard InChI is InChI=1S/C20H27N5O3S2/c1-2-29-20-24-23-19(30-20)22-18(28)13-7-5-12(6-8-13)11-21-14-15(17(27)16(14)26)25-9-3-4-10-25/h12-13,21H,2-11H2,1H3,(H,22,23,28). The Labute approximate surface area is 183 Å². The maximum absolute atomic E-state index is 12.5. The lowest BCUT2D eigenvalue weighted by Gasteiger charge is -2.29. The largest absolute Gasteiger partial charge is 0.380 e. The molecule has 0 radical (unpaired) electrons. The fourth-order valence-electron chi connectivity index (χ4n) is 4.31. The van der Waals surface area contributed by atoms with Gasteiger partial charge in [-0.2, -0.15) is 0 Å². The number of nitrogens with zero attached hydrogens (tertiary/aromatic N) is 3. The minimum atomic E-state index is -0.386. The lowest BCUT2D eigenvalue weighted by atomic mass is 9.81. The van der Waals surface area contributed by atoms with Gasteiger partial charge in [-0.05, 0) is 50.2 Å². The number of hydrogen-bond donors (Lipinski definition) is 2. The zero-order valence-electron chi connectivity index (χ0n) is 17.1. The van der Waals surface area contributed by atoms with Crippen LogP contribution in [0.1, 0.15) is 45.4 Å². The van der Waals surface area contributed by atoms with Gasteiger partial charge in [-0.15, -0.1) is 10.2 Å². The van der Waals surface area contributed by atoms with E-state index in [0.29, 0.717) is 29.0 Å². The van der Waals surface area contributed by atoms with Crippen molar-refractivity contribution in [3.05, 3.63) is 20.4 Å². The summed E-state index contributed by atoms with van der Waals surface area (Å²) in [5.74, 6) is 1.33. The van der Waals surface area contributed by atoms with Gasteiger partial charge >= 0.3 is 0 Å². The minimum Gasteiger partial charge on any atom is -0.380 e. The predicted octanol–water partition coefficient (Wildman–Crippen LogP) is 2.70. The SMILES string of the molecule is CCSc1nnc(NC(=O)C2CCC(CNc3c(N4CCCC4)c(=O)c3=O)CC2)s1. The molecule has 162 valence electrons. The van der Waals surface area contributed by atoms with E-state index in [9.17, 15) is 14.4 Å². The molecule has 1 aliphatic carbocycles. The van der Waals surface area contributed by atoms with Crippen molar-refractivity contribution < 1.29 is 4.79 Å². The molecule has 4 rings (SSSR count). The molecule has 1 amide bonds. The fourth-order valence-corrected chi connectivity index (χ4v) is 5.96. The Hall–Kier alpha value is -1.94. The molecule has 2 N–H and O–H groups in total. The van der Waals surface area contributed by atoms with Crippen LogP contribution in [0.2, 0.25) is 0 Å². The summed E-state index contributed by atoms with van der Waals surface area (Å²) in [6.07, 6.45) is 5.62. The lowest BCUT2D eigenvalue weighted by molar-refractivity contribution is -0.121. The Balaban J connectivity index is 1.24. The molecule has 1 aromatic carbocycles. The first-order chi connectivity index (χ1) is 14.6. The smallest absolute Gasteiger partial charge is 0.253 e. The van der Waals surface area contributed by atoms with Crippen LogP contribution in [0, 0.1) is 11.8 Å². The van der Waals surface area contributed by atoms with Crippen molar-refractivity contribution in [2.45, 2.75) is 49.8 Å². The van der Waals surface area contributed by atoms with E-state index in [1.54, 1.807) is 11.8 Å². The molecule has 2 fully saturated rings. The summed E-state index contributed by atoms with van der Waals surface area (Å²) in [5.41, 5.74) is 0.349. The summed E-state index contributed by atoms with van der Waals surface area (Å²) >= 11 is 3.03. The molecule has 8 nitrogen and oxygen atoms in total. The van der Waals surface area contributed by atoms with E-state index in [-0.39, 0.29) is 22.7 Å². The van der Waals surface area contributed by atoms with Crippen LogP contribution in [-0.2, 0) is 4.79 Å². The van der Waals surface area contributed by atoms with Gasteiger partial charge in [0.15, 0.2) is 4.34 Å². The van der Waals surface area contributed by atoms with Gasteiger partial charge in [0.1, 0.15) is 11.4 Å². The molecule has 0 atom stereocenters. The Bertz CT molecular complexity index is 954. The van der Waals surface area contributed by atoms with Gasteiger partial charge in [-0.3, -0.25) is 14.4 Å². The lowest BCUT2D eigenvalue weighted by Crippen LogP contribution is -2.42. The Morgan fingerprint density at radius 1 is 1.13 bits per heavy atom. The third kappa shape index (κ3) is 4.54. The van der Waals surface area contributed by atoms with Gasteiger partial charge in [0.05, 0.1) is 0 Å². The molecule has 2 heterocycles. The molecule has 2 aromatic rings. The fraction of sp³-hybridized carbons (Fsp3) is 0.650. The maximum atomic E-state index is 12.5. The molecule has 0 unspecified atom stereocenters. The van der Waals surface area contributed by atoms with E-state index in [1.165, 1.54) is 11.3 Å². The Morgan fingerprint density at radius 3 is 2.57 bits per heavy atom. The third-order valence-electron chi connectivity index (χ3n) is 6.00. The van der Waals surface area contributed by atoms with Crippen LogP contribution in [0.5, 0.6) is 0 Å². The Kier molecular flexibility index (Phi) is 6.72. The summed E-state index contributed by atoms with van der Waals surface area (Å²) < 4.78 is 0.870. The number of rotatable bonds is 8. The summed E-state index contributed by atoms with van der Waals surface area (Å²) in [6.45, 7) is 4.44. The third-order valence-corrected chi connectivity index (χ3v) is 7.85. The second kappa shape index (κ2) is 9.47. The van der Waals surface area contributed by atoms with Gasteiger partial charge in [0, 0.05) is 25.6 Å². The van der Waals surface area contributed by atoms with Crippen LogP contribution in [0.15, 0.2) is 13.9 Å². The molecule has 10 heteroatoms. The molecule has 1 saturated heterocycles. The first-order valence-electron chi connectivity index (χ1n) is 10.7. The number of carbonyl (C=O) groups excluding carboxylic acids is 1. The van der Waals surface area contributed by atoms with E-state index in [4.69, 9.17) is 0 Å². The van der Waals surface area contributed by atoms with Crippen LogP contribution in [0.4, 0.5) is 16.5 Å². The van der Waals surface area contributed by atoms with E-state index < -0.39 is 0 Å². The van der Waals surface area contributed by atoms with Crippen molar-refractivity contribution >= 4 is 45.5 Å². The highest BCUT2D eigenvalue weighted by molar-refractivity contribution is 8.01. The van der Waals surface area contributed by atoms with Crippen molar-refractivity contribution in [2.24, 2.45) is 11.8 Å². The normalized spacial score (nSPS) is 21.8. The van der Waals surface area contributed by atoms with Gasteiger partial charge in [0.2, 0.25) is 11.0 Å². The van der Waals surface area contributed by atoms with Crippen molar-refractivity contribution in [3.8, 4) is 0 Å². The second-order valence-electron chi connectivity index (χ2n) is 7.97. The van der Waals surface area contributed by atoms with Gasteiger partial charge in [0.25, 0.3) is 10.9 Å². The van der Waals surface area contributed by atoms with Crippen molar-refractivity contribution in [2.75, 3.05) is 40.9 Å². The second-order valence-corrected chi connectivity index (χ2v) is 10.5. The highest BCUT2D eigenvalue weighted by Crippen LogP contribution is 2.32. The van der Waals surface area contributed by atoms with Crippen molar-refractivity contribution in [1.82, 2.24) is 10.2 Å². The molecular weight excluding hydrogens is 422 g/mol. The average Bonchev–Trinajstić information content (AvgIpc) is 3.43. The molecule has 30 heavy (non-hydrogen) atoms. The summed E-state index contributed by atoms with van der Waals surface area (Å²) in [7, 11) is 0. The van der Waals surface area contributed by atoms with Crippen LogP contribution in [-0.4, -0.2) is 41.5 Å². The number of hydrogen-bond acceptors (Lipinski definition) is 9. The molecule has 1 saturated carbocycles. The van der Waals surface area contributed by atoms with Gasteiger partial charge in [-0.1, -0.05) is 30.0 Å². The molecule has 1 aromatic heterocycles. The minimum absolute atomic E-state index is 0.0151. The van der Waals surface area contributed by atoms with Crippen LogP contribution < -0.4 is 26.4 Å². The molecular formula is C20H27N5O3S2. The topological polar surface area (TPSA) is 104 Å². The van der Waals surface area contributed by atoms with Crippen LogP contribution in [0.3, 0.4) is 0 Å². The number of nitrogens with one attached hydrogen (secondary N) is 2. The number of anilines is 3. The van der Waals surface area contributed by atoms with E-state index in [0.717, 1.165) is 61.7 Å². The number of aromatic nitrogens is 2. The van der Waals surface area contributed by atoms with E-state index in [1.807, 2.05) is 4.90 Å². The highest BCUT2D eigenvalue weighted by atomic mass is 32.2. The highest BCUT2D eigenvalue weighted by Gasteiger charge is 2.30. The van der Waals surface area contributed by atoms with Crippen molar-refractivity contribution in [3.63, 3.8) is 0 Å². The molecule has 1 aliphatic heterocycles.